The molecule has 1 aromatic carbocycles. The molecule has 144 valence electrons. The average Bonchev–Trinajstić information content (AvgIpc) is 2.68. The SMILES string of the molecule is CC(CCN1CCN(c2ccccc2)CC1)NC(=O)CC1CCCCC1. The summed E-state index contributed by atoms with van der Waals surface area (Å²) in [6, 6.07) is 11.0. The van der Waals surface area contributed by atoms with E-state index in [9.17, 15) is 4.79 Å². The Morgan fingerprint density at radius 2 is 1.77 bits per heavy atom. The summed E-state index contributed by atoms with van der Waals surface area (Å²) in [6.45, 7) is 7.63. The lowest BCUT2D eigenvalue weighted by Gasteiger charge is -2.36. The number of amides is 1. The van der Waals surface area contributed by atoms with E-state index in [2.05, 4.69) is 52.4 Å². The molecule has 1 aliphatic carbocycles. The maximum atomic E-state index is 12.2. The third-order valence-electron chi connectivity index (χ3n) is 5.98. The topological polar surface area (TPSA) is 35.6 Å². The highest BCUT2D eigenvalue weighted by molar-refractivity contribution is 5.76. The molecule has 1 amide bonds. The Bertz CT molecular complexity index is 534. The molecule has 0 radical (unpaired) electrons. The molecule has 1 aliphatic heterocycles. The van der Waals surface area contributed by atoms with Crippen LogP contribution in [0.4, 0.5) is 5.69 Å². The summed E-state index contributed by atoms with van der Waals surface area (Å²) in [5, 5.41) is 3.23. The molecule has 1 atom stereocenters. The first-order chi connectivity index (χ1) is 12.7. The molecule has 26 heavy (non-hydrogen) atoms. The number of nitrogens with one attached hydrogen (secondary N) is 1. The van der Waals surface area contributed by atoms with Gasteiger partial charge in [0.1, 0.15) is 0 Å². The van der Waals surface area contributed by atoms with Crippen molar-refractivity contribution in [3.8, 4) is 0 Å². The molecule has 0 aromatic heterocycles. The fraction of sp³-hybridized carbons (Fsp3) is 0.682. The molecule has 1 N–H and O–H groups in total. The van der Waals surface area contributed by atoms with Crippen LogP contribution in [0.5, 0.6) is 0 Å². The minimum atomic E-state index is 0.262. The monoisotopic (exact) mass is 357 g/mol. The first-order valence-corrected chi connectivity index (χ1v) is 10.5. The van der Waals surface area contributed by atoms with Crippen molar-refractivity contribution in [1.82, 2.24) is 10.2 Å². The van der Waals surface area contributed by atoms with Crippen molar-refractivity contribution < 1.29 is 4.79 Å². The Labute approximate surface area is 158 Å². The van der Waals surface area contributed by atoms with Crippen molar-refractivity contribution in [1.29, 1.82) is 0 Å². The van der Waals surface area contributed by atoms with E-state index in [0.717, 1.165) is 45.6 Å². The molecule has 4 heteroatoms. The van der Waals surface area contributed by atoms with Gasteiger partial charge in [0.2, 0.25) is 5.91 Å². The summed E-state index contributed by atoms with van der Waals surface area (Å²) in [6.07, 6.45) is 8.24. The predicted molar refractivity (Wildman–Crippen MR) is 109 cm³/mol. The highest BCUT2D eigenvalue weighted by Gasteiger charge is 2.20. The molecule has 2 aliphatic rings. The quantitative estimate of drug-likeness (QED) is 0.809. The molecule has 1 unspecified atom stereocenters. The molecular weight excluding hydrogens is 322 g/mol. The number of carbonyl (C=O) groups excluding carboxylic acids is 1. The number of hydrogen-bond acceptors (Lipinski definition) is 3. The first kappa shape index (κ1) is 19.2. The molecule has 0 bridgehead atoms. The van der Waals surface area contributed by atoms with Gasteiger partial charge in [-0.25, -0.2) is 0 Å². The van der Waals surface area contributed by atoms with Gasteiger partial charge in [0, 0.05) is 50.9 Å². The van der Waals surface area contributed by atoms with E-state index in [1.165, 1.54) is 37.8 Å². The van der Waals surface area contributed by atoms with E-state index in [1.54, 1.807) is 0 Å². The van der Waals surface area contributed by atoms with E-state index in [-0.39, 0.29) is 11.9 Å². The number of anilines is 1. The third kappa shape index (κ3) is 6.01. The second-order valence-electron chi connectivity index (χ2n) is 8.13. The third-order valence-corrected chi connectivity index (χ3v) is 5.98. The fourth-order valence-electron chi connectivity index (χ4n) is 4.30. The molecule has 1 aromatic rings. The Kier molecular flexibility index (Phi) is 7.36. The van der Waals surface area contributed by atoms with E-state index in [0.29, 0.717) is 5.92 Å². The van der Waals surface area contributed by atoms with Gasteiger partial charge in [-0.05, 0) is 44.2 Å². The summed E-state index contributed by atoms with van der Waals surface area (Å²) < 4.78 is 0. The summed E-state index contributed by atoms with van der Waals surface area (Å²) >= 11 is 0. The Hall–Kier alpha value is -1.55. The summed E-state index contributed by atoms with van der Waals surface area (Å²) in [5.74, 6) is 0.889. The number of carbonyl (C=O) groups is 1. The van der Waals surface area contributed by atoms with E-state index in [4.69, 9.17) is 0 Å². The zero-order chi connectivity index (χ0) is 18.2. The van der Waals surface area contributed by atoms with Crippen molar-refractivity contribution in [2.24, 2.45) is 5.92 Å². The van der Waals surface area contributed by atoms with Crippen molar-refractivity contribution in [3.63, 3.8) is 0 Å². The number of hydrogen-bond donors (Lipinski definition) is 1. The lowest BCUT2D eigenvalue weighted by Crippen LogP contribution is -2.47. The lowest BCUT2D eigenvalue weighted by atomic mass is 9.87. The zero-order valence-corrected chi connectivity index (χ0v) is 16.3. The molecule has 0 spiro atoms. The lowest BCUT2D eigenvalue weighted by molar-refractivity contribution is -0.122. The van der Waals surface area contributed by atoms with Crippen LogP contribution in [0.1, 0.15) is 51.9 Å². The summed E-state index contributed by atoms with van der Waals surface area (Å²) in [7, 11) is 0. The van der Waals surface area contributed by atoms with Crippen LogP contribution in [0, 0.1) is 5.92 Å². The van der Waals surface area contributed by atoms with Crippen LogP contribution < -0.4 is 10.2 Å². The molecule has 2 fully saturated rings. The second-order valence-corrected chi connectivity index (χ2v) is 8.13. The van der Waals surface area contributed by atoms with Crippen LogP contribution in [-0.2, 0) is 4.79 Å². The zero-order valence-electron chi connectivity index (χ0n) is 16.3. The van der Waals surface area contributed by atoms with Crippen molar-refractivity contribution in [3.05, 3.63) is 30.3 Å². The van der Waals surface area contributed by atoms with Gasteiger partial charge in [-0.2, -0.15) is 0 Å². The van der Waals surface area contributed by atoms with E-state index >= 15 is 0 Å². The summed E-state index contributed by atoms with van der Waals surface area (Å²) in [4.78, 5) is 17.2. The van der Waals surface area contributed by atoms with Gasteiger partial charge >= 0.3 is 0 Å². The van der Waals surface area contributed by atoms with Crippen LogP contribution >= 0.6 is 0 Å². The number of piperazine rings is 1. The average molecular weight is 358 g/mol. The van der Waals surface area contributed by atoms with E-state index < -0.39 is 0 Å². The standard InChI is InChI=1S/C22H35N3O/c1-19(23-22(26)18-20-8-4-2-5-9-20)12-13-24-14-16-25(17-15-24)21-10-6-3-7-11-21/h3,6-7,10-11,19-20H,2,4-5,8-9,12-18H2,1H3,(H,23,26). The number of nitrogens with zero attached hydrogens (tertiary/aromatic N) is 2. The van der Waals surface area contributed by atoms with Gasteiger partial charge in [-0.1, -0.05) is 37.5 Å². The smallest absolute Gasteiger partial charge is 0.220 e. The highest BCUT2D eigenvalue weighted by Crippen LogP contribution is 2.26. The number of benzene rings is 1. The molecule has 1 saturated heterocycles. The van der Waals surface area contributed by atoms with Crippen LogP contribution in [-0.4, -0.2) is 49.6 Å². The fourth-order valence-corrected chi connectivity index (χ4v) is 4.30. The van der Waals surface area contributed by atoms with Gasteiger partial charge in [-0.15, -0.1) is 0 Å². The minimum Gasteiger partial charge on any atom is -0.369 e. The normalized spacial score (nSPS) is 20.7. The van der Waals surface area contributed by atoms with Gasteiger partial charge in [0.05, 0.1) is 0 Å². The molecule has 1 saturated carbocycles. The predicted octanol–water partition coefficient (Wildman–Crippen LogP) is 3.67. The van der Waals surface area contributed by atoms with Crippen molar-refractivity contribution in [2.45, 2.75) is 57.9 Å². The summed E-state index contributed by atoms with van der Waals surface area (Å²) in [5.41, 5.74) is 1.33. The molecule has 1 heterocycles. The molecular formula is C22H35N3O. The number of rotatable bonds is 7. The second kappa shape index (κ2) is 9.96. The van der Waals surface area contributed by atoms with Crippen molar-refractivity contribution in [2.75, 3.05) is 37.6 Å². The van der Waals surface area contributed by atoms with Crippen LogP contribution in [0.25, 0.3) is 0 Å². The Morgan fingerprint density at radius 3 is 2.46 bits per heavy atom. The Balaban J connectivity index is 1.31. The van der Waals surface area contributed by atoms with Crippen molar-refractivity contribution >= 4 is 11.6 Å². The van der Waals surface area contributed by atoms with Gasteiger partial charge in [-0.3, -0.25) is 9.69 Å². The number of para-hydroxylation sites is 1. The van der Waals surface area contributed by atoms with Crippen LogP contribution in [0.15, 0.2) is 30.3 Å². The first-order valence-electron chi connectivity index (χ1n) is 10.5. The largest absolute Gasteiger partial charge is 0.369 e. The van der Waals surface area contributed by atoms with Gasteiger partial charge < -0.3 is 10.2 Å². The maximum Gasteiger partial charge on any atom is 0.220 e. The van der Waals surface area contributed by atoms with Gasteiger partial charge in [0.15, 0.2) is 0 Å². The van der Waals surface area contributed by atoms with Gasteiger partial charge in [0.25, 0.3) is 0 Å². The van der Waals surface area contributed by atoms with Crippen LogP contribution in [0.2, 0.25) is 0 Å². The van der Waals surface area contributed by atoms with Crippen LogP contribution in [0.3, 0.4) is 0 Å². The molecule has 4 nitrogen and oxygen atoms in total. The molecule has 3 rings (SSSR count). The van der Waals surface area contributed by atoms with E-state index in [1.807, 2.05) is 0 Å². The highest BCUT2D eigenvalue weighted by atomic mass is 16.1. The maximum absolute atomic E-state index is 12.2. The minimum absolute atomic E-state index is 0.262. The Morgan fingerprint density at radius 1 is 1.08 bits per heavy atom.